The van der Waals surface area contributed by atoms with Gasteiger partial charge in [-0.05, 0) is 45.2 Å². The third kappa shape index (κ3) is 8.23. The number of alkyl carbamates (subject to hydrolysis) is 2. The van der Waals surface area contributed by atoms with Crippen molar-refractivity contribution in [3.63, 3.8) is 0 Å². The molecule has 2 aromatic rings. The van der Waals surface area contributed by atoms with Crippen LogP contribution >= 0.6 is 0 Å². The van der Waals surface area contributed by atoms with Crippen LogP contribution in [-0.2, 0) is 32.0 Å². The predicted octanol–water partition coefficient (Wildman–Crippen LogP) is 3.78. The molecule has 0 saturated carbocycles. The largest absolute Gasteiger partial charge is 0.447 e. The number of benzene rings is 2. The Hall–Kier alpha value is -4.08. The van der Waals surface area contributed by atoms with Crippen LogP contribution < -0.4 is 10.6 Å². The van der Waals surface area contributed by atoms with Gasteiger partial charge in [0.2, 0.25) is 0 Å². The number of hydrogen-bond acceptors (Lipinski definition) is 7. The third-order valence-corrected chi connectivity index (χ3v) is 5.51. The Bertz CT molecular complexity index is 1090. The fraction of sp³-hybridized carbons (Fsp3) is 0.407. The van der Waals surface area contributed by atoms with Gasteiger partial charge in [0.25, 0.3) is 5.91 Å². The first-order valence-corrected chi connectivity index (χ1v) is 12.0. The second-order valence-electron chi connectivity index (χ2n) is 9.75. The van der Waals surface area contributed by atoms with E-state index in [4.69, 9.17) is 14.2 Å². The first kappa shape index (κ1) is 27.5. The second kappa shape index (κ2) is 12.2. The zero-order valence-corrected chi connectivity index (χ0v) is 21.4. The minimum atomic E-state index is -1.33. The molecule has 1 unspecified atom stereocenters. The maximum atomic E-state index is 13.6. The molecule has 1 aliphatic rings. The highest BCUT2D eigenvalue weighted by Crippen LogP contribution is 2.20. The summed E-state index contributed by atoms with van der Waals surface area (Å²) >= 11 is 0. The number of nitrogens with zero attached hydrogens (tertiary/aromatic N) is 1. The zero-order chi connectivity index (χ0) is 27.0. The fourth-order valence-corrected chi connectivity index (χ4v) is 3.79. The summed E-state index contributed by atoms with van der Waals surface area (Å²) in [6.07, 6.45) is -2.11. The molecule has 1 fully saturated rings. The average Bonchev–Trinajstić information content (AvgIpc) is 3.20. The Labute approximate surface area is 216 Å². The number of rotatable bonds is 8. The maximum absolute atomic E-state index is 13.6. The quantitative estimate of drug-likeness (QED) is 0.517. The highest BCUT2D eigenvalue weighted by atomic mass is 16.6. The van der Waals surface area contributed by atoms with E-state index in [2.05, 4.69) is 10.6 Å². The Balaban J connectivity index is 1.76. The molecular weight excluding hydrogens is 478 g/mol. The molecule has 0 spiro atoms. The molecule has 1 aliphatic heterocycles. The fourth-order valence-electron chi connectivity index (χ4n) is 3.79. The van der Waals surface area contributed by atoms with Crippen molar-refractivity contribution in [1.29, 1.82) is 0 Å². The lowest BCUT2D eigenvalue weighted by Gasteiger charge is -2.30. The van der Waals surface area contributed by atoms with E-state index >= 15 is 0 Å². The van der Waals surface area contributed by atoms with Gasteiger partial charge < -0.3 is 24.8 Å². The highest BCUT2D eigenvalue weighted by Gasteiger charge is 2.43. The molecule has 10 heteroatoms. The molecule has 0 aromatic heterocycles. The molecule has 0 aliphatic carbocycles. The monoisotopic (exact) mass is 511 g/mol. The van der Waals surface area contributed by atoms with Crippen molar-refractivity contribution < 1.29 is 33.4 Å². The van der Waals surface area contributed by atoms with E-state index in [9.17, 15) is 19.2 Å². The van der Waals surface area contributed by atoms with Crippen LogP contribution in [-0.4, -0.2) is 59.4 Å². The second-order valence-corrected chi connectivity index (χ2v) is 9.75. The van der Waals surface area contributed by atoms with Gasteiger partial charge in [0.15, 0.2) is 0 Å². The number of ether oxygens (including phenoxy) is 3. The molecule has 10 nitrogen and oxygen atoms in total. The molecule has 0 bridgehead atoms. The standard InChI is InChI=1S/C27H33N3O7/c1-18(28-25(33)37-27(2,3)4)22(29-24(32)35-16-20-13-9-6-10-14-20)23(31)30-21(17-36-26(30)34)15-19-11-7-5-8-12-19/h5-14,18,21-22H,15-17H2,1-4H3,(H,28,33)(H,29,32)/t18?,21-,22+/m1/s1. The van der Waals surface area contributed by atoms with E-state index in [0.29, 0.717) is 6.42 Å². The minimum Gasteiger partial charge on any atom is -0.447 e. The predicted molar refractivity (Wildman–Crippen MR) is 135 cm³/mol. The first-order valence-electron chi connectivity index (χ1n) is 12.0. The molecule has 0 radical (unpaired) electrons. The van der Waals surface area contributed by atoms with Crippen LogP contribution in [0, 0.1) is 0 Å². The summed E-state index contributed by atoms with van der Waals surface area (Å²) in [4.78, 5) is 52.2. The van der Waals surface area contributed by atoms with Crippen LogP contribution in [0.4, 0.5) is 14.4 Å². The topological polar surface area (TPSA) is 123 Å². The van der Waals surface area contributed by atoms with Gasteiger partial charge in [0.05, 0.1) is 12.1 Å². The van der Waals surface area contributed by atoms with Crippen molar-refractivity contribution in [1.82, 2.24) is 15.5 Å². The summed E-state index contributed by atoms with van der Waals surface area (Å²) in [6.45, 7) is 6.62. The number of cyclic esters (lactones) is 1. The molecular formula is C27H33N3O7. The number of hydrogen-bond donors (Lipinski definition) is 2. The molecule has 37 heavy (non-hydrogen) atoms. The number of amides is 4. The maximum Gasteiger partial charge on any atom is 0.417 e. The van der Waals surface area contributed by atoms with E-state index < -0.39 is 47.9 Å². The lowest BCUT2D eigenvalue weighted by molar-refractivity contribution is -0.131. The van der Waals surface area contributed by atoms with Crippen LogP contribution in [0.2, 0.25) is 0 Å². The van der Waals surface area contributed by atoms with Crippen molar-refractivity contribution in [2.45, 2.75) is 64.4 Å². The van der Waals surface area contributed by atoms with Gasteiger partial charge in [-0.15, -0.1) is 0 Å². The Morgan fingerprint density at radius 1 is 0.973 bits per heavy atom. The summed E-state index contributed by atoms with van der Waals surface area (Å²) in [6, 6.07) is 15.5. The van der Waals surface area contributed by atoms with Crippen molar-refractivity contribution in [2.75, 3.05) is 6.61 Å². The summed E-state index contributed by atoms with van der Waals surface area (Å²) < 4.78 is 15.7. The van der Waals surface area contributed by atoms with Crippen LogP contribution in [0.15, 0.2) is 60.7 Å². The summed E-state index contributed by atoms with van der Waals surface area (Å²) in [7, 11) is 0. The van der Waals surface area contributed by atoms with Crippen molar-refractivity contribution in [2.24, 2.45) is 0 Å². The lowest BCUT2D eigenvalue weighted by atomic mass is 10.0. The van der Waals surface area contributed by atoms with Crippen LogP contribution in [0.5, 0.6) is 0 Å². The lowest BCUT2D eigenvalue weighted by Crippen LogP contribution is -2.60. The van der Waals surface area contributed by atoms with Gasteiger partial charge in [-0.3, -0.25) is 4.79 Å². The van der Waals surface area contributed by atoms with Gasteiger partial charge in [0, 0.05) is 0 Å². The van der Waals surface area contributed by atoms with E-state index in [0.717, 1.165) is 16.0 Å². The molecule has 2 N–H and O–H groups in total. The van der Waals surface area contributed by atoms with Crippen molar-refractivity contribution in [3.8, 4) is 0 Å². The highest BCUT2D eigenvalue weighted by molar-refractivity contribution is 5.98. The van der Waals surface area contributed by atoms with Crippen molar-refractivity contribution in [3.05, 3.63) is 71.8 Å². The van der Waals surface area contributed by atoms with E-state index in [1.807, 2.05) is 48.5 Å². The normalized spacial score (nSPS) is 16.8. The number of nitrogens with one attached hydrogen (secondary N) is 2. The number of imide groups is 1. The SMILES string of the molecule is CC(NC(=O)OC(C)(C)C)[C@H](NC(=O)OCc1ccccc1)C(=O)N1C(=O)OC[C@H]1Cc1ccccc1. The van der Waals surface area contributed by atoms with E-state index in [1.165, 1.54) is 6.92 Å². The number of carbonyl (C=O) groups is 4. The molecule has 1 saturated heterocycles. The Morgan fingerprint density at radius 2 is 1.57 bits per heavy atom. The molecule has 2 aromatic carbocycles. The smallest absolute Gasteiger partial charge is 0.417 e. The van der Waals surface area contributed by atoms with Crippen molar-refractivity contribution >= 4 is 24.2 Å². The summed E-state index contributed by atoms with van der Waals surface area (Å²) in [5, 5.41) is 5.07. The van der Waals surface area contributed by atoms with Crippen LogP contribution in [0.1, 0.15) is 38.8 Å². The zero-order valence-electron chi connectivity index (χ0n) is 21.4. The van der Waals surface area contributed by atoms with Gasteiger partial charge in [0.1, 0.15) is 24.9 Å². The minimum absolute atomic E-state index is 0.0124. The first-order chi connectivity index (χ1) is 17.5. The Morgan fingerprint density at radius 3 is 2.16 bits per heavy atom. The molecule has 3 rings (SSSR count). The van der Waals surface area contributed by atoms with Gasteiger partial charge in [-0.1, -0.05) is 60.7 Å². The summed E-state index contributed by atoms with van der Waals surface area (Å²) in [5.41, 5.74) is 0.895. The molecule has 4 amide bonds. The number of carbonyl (C=O) groups excluding carboxylic acids is 4. The molecule has 3 atom stereocenters. The Kier molecular flexibility index (Phi) is 9.10. The van der Waals surface area contributed by atoms with E-state index in [-0.39, 0.29) is 13.2 Å². The van der Waals surface area contributed by atoms with Gasteiger partial charge in [-0.2, -0.15) is 0 Å². The van der Waals surface area contributed by atoms with Gasteiger partial charge in [-0.25, -0.2) is 19.3 Å². The molecule has 198 valence electrons. The summed E-state index contributed by atoms with van der Waals surface area (Å²) in [5.74, 6) is -0.733. The molecule has 1 heterocycles. The van der Waals surface area contributed by atoms with Crippen LogP contribution in [0.25, 0.3) is 0 Å². The van der Waals surface area contributed by atoms with Crippen LogP contribution in [0.3, 0.4) is 0 Å². The van der Waals surface area contributed by atoms with Gasteiger partial charge >= 0.3 is 18.3 Å². The van der Waals surface area contributed by atoms with E-state index in [1.54, 1.807) is 32.9 Å². The third-order valence-electron chi connectivity index (χ3n) is 5.51. The average molecular weight is 512 g/mol.